The van der Waals surface area contributed by atoms with E-state index in [2.05, 4.69) is 15.9 Å². The third-order valence-corrected chi connectivity index (χ3v) is 6.12. The van der Waals surface area contributed by atoms with E-state index in [1.807, 2.05) is 54.6 Å². The summed E-state index contributed by atoms with van der Waals surface area (Å²) >= 11 is 3.51. The summed E-state index contributed by atoms with van der Waals surface area (Å²) in [6.45, 7) is 0. The van der Waals surface area contributed by atoms with Crippen molar-refractivity contribution in [1.82, 2.24) is 0 Å². The fourth-order valence-corrected chi connectivity index (χ4v) is 4.66. The van der Waals surface area contributed by atoms with Crippen LogP contribution >= 0.6 is 15.9 Å². The van der Waals surface area contributed by atoms with Gasteiger partial charge in [-0.05, 0) is 42.0 Å². The molecule has 0 N–H and O–H groups in total. The lowest BCUT2D eigenvalue weighted by molar-refractivity contribution is -0.126. The first-order chi connectivity index (χ1) is 15.1. The molecule has 0 spiro atoms. The molecule has 0 aromatic heterocycles. The molecule has 0 saturated carbocycles. The molecule has 2 amide bonds. The third-order valence-electron chi connectivity index (χ3n) is 5.63. The fourth-order valence-electron chi connectivity index (χ4n) is 4.25. The van der Waals surface area contributed by atoms with Crippen LogP contribution in [0.25, 0.3) is 0 Å². The lowest BCUT2D eigenvalue weighted by Crippen LogP contribution is -2.37. The van der Waals surface area contributed by atoms with Crippen molar-refractivity contribution in [2.45, 2.75) is 12.1 Å². The van der Waals surface area contributed by atoms with E-state index in [-0.39, 0.29) is 11.8 Å². The Hall–Kier alpha value is -3.16. The zero-order valence-electron chi connectivity index (χ0n) is 16.6. The Morgan fingerprint density at radius 3 is 2.35 bits per heavy atom. The zero-order chi connectivity index (χ0) is 21.5. The maximum atomic E-state index is 13.6. The Morgan fingerprint density at radius 2 is 1.61 bits per heavy atom. The minimum Gasteiger partial charge on any atom is -0.497 e. The smallest absolute Gasteiger partial charge is 0.266 e. The minimum atomic E-state index is -0.900. The van der Waals surface area contributed by atoms with E-state index in [1.54, 1.807) is 36.4 Å². The highest BCUT2D eigenvalue weighted by Crippen LogP contribution is 2.48. The average Bonchev–Trinajstić information content (AvgIpc) is 3.30. The summed E-state index contributed by atoms with van der Waals surface area (Å²) in [5.41, 5.74) is 2.15. The van der Waals surface area contributed by atoms with Gasteiger partial charge < -0.3 is 4.74 Å². The van der Waals surface area contributed by atoms with Crippen LogP contribution < -0.4 is 14.7 Å². The van der Waals surface area contributed by atoms with Gasteiger partial charge >= 0.3 is 0 Å². The van der Waals surface area contributed by atoms with Crippen LogP contribution in [0.3, 0.4) is 0 Å². The summed E-state index contributed by atoms with van der Waals surface area (Å²) in [7, 11) is 1.55. The van der Waals surface area contributed by atoms with Gasteiger partial charge in [-0.25, -0.2) is 9.96 Å². The van der Waals surface area contributed by atoms with Crippen molar-refractivity contribution in [1.29, 1.82) is 0 Å². The molecule has 156 valence electrons. The molecule has 5 rings (SSSR count). The standard InChI is InChI=1S/C24H19BrN2O4/c1-30-19-12-6-11-18(14-19)26-23(28)20-21(15-7-5-8-16(25)13-15)27(31-22(20)24(26)29)17-9-3-2-4-10-17/h2-14,20-22H,1H3/t20-,21+,22-/m0/s1. The van der Waals surface area contributed by atoms with Gasteiger partial charge in [0.1, 0.15) is 11.7 Å². The average molecular weight is 479 g/mol. The summed E-state index contributed by atoms with van der Waals surface area (Å²) in [6, 6.07) is 23.7. The molecule has 2 aliphatic heterocycles. The summed E-state index contributed by atoms with van der Waals surface area (Å²) in [6.07, 6.45) is -0.900. The van der Waals surface area contributed by atoms with Crippen LogP contribution in [-0.4, -0.2) is 25.0 Å². The molecule has 2 heterocycles. The summed E-state index contributed by atoms with van der Waals surface area (Å²) in [5.74, 6) is -0.757. The number of rotatable bonds is 4. The lowest BCUT2D eigenvalue weighted by Gasteiger charge is -2.29. The van der Waals surface area contributed by atoms with Gasteiger partial charge in [0.15, 0.2) is 6.10 Å². The van der Waals surface area contributed by atoms with E-state index in [9.17, 15) is 9.59 Å². The number of imide groups is 1. The number of anilines is 2. The quantitative estimate of drug-likeness (QED) is 0.516. The predicted octanol–water partition coefficient (Wildman–Crippen LogP) is 4.51. The topological polar surface area (TPSA) is 59.1 Å². The maximum Gasteiger partial charge on any atom is 0.266 e. The van der Waals surface area contributed by atoms with E-state index in [0.717, 1.165) is 15.7 Å². The molecule has 0 aliphatic carbocycles. The van der Waals surface area contributed by atoms with Gasteiger partial charge in [0, 0.05) is 10.5 Å². The minimum absolute atomic E-state index is 0.286. The highest BCUT2D eigenvalue weighted by atomic mass is 79.9. The molecular formula is C24H19BrN2O4. The number of nitrogens with zero attached hydrogens (tertiary/aromatic N) is 2. The van der Waals surface area contributed by atoms with Crippen molar-refractivity contribution in [3.63, 3.8) is 0 Å². The summed E-state index contributed by atoms with van der Waals surface area (Å²) < 4.78 is 6.16. The maximum absolute atomic E-state index is 13.6. The van der Waals surface area contributed by atoms with Gasteiger partial charge in [-0.3, -0.25) is 14.4 Å². The molecule has 6 nitrogen and oxygen atoms in total. The Labute approximate surface area is 188 Å². The van der Waals surface area contributed by atoms with E-state index in [0.29, 0.717) is 11.4 Å². The van der Waals surface area contributed by atoms with Crippen molar-refractivity contribution in [3.8, 4) is 5.75 Å². The number of carbonyl (C=O) groups excluding carboxylic acids is 2. The number of hydrogen-bond acceptors (Lipinski definition) is 5. The van der Waals surface area contributed by atoms with Crippen molar-refractivity contribution in [2.75, 3.05) is 17.1 Å². The number of hydroxylamine groups is 1. The Kier molecular flexibility index (Phi) is 5.00. The highest BCUT2D eigenvalue weighted by molar-refractivity contribution is 9.10. The summed E-state index contributed by atoms with van der Waals surface area (Å²) in [4.78, 5) is 34.3. The number of carbonyl (C=O) groups is 2. The molecule has 0 bridgehead atoms. The van der Waals surface area contributed by atoms with Gasteiger partial charge in [0.25, 0.3) is 5.91 Å². The van der Waals surface area contributed by atoms with Crippen LogP contribution in [0.1, 0.15) is 11.6 Å². The number of para-hydroxylation sites is 1. The molecule has 0 radical (unpaired) electrons. The normalized spacial score (nSPS) is 22.7. The Morgan fingerprint density at radius 1 is 0.871 bits per heavy atom. The molecule has 3 aromatic rings. The van der Waals surface area contributed by atoms with Crippen molar-refractivity contribution >= 4 is 39.1 Å². The van der Waals surface area contributed by atoms with Crippen LogP contribution in [-0.2, 0) is 14.4 Å². The second-order valence-electron chi connectivity index (χ2n) is 7.43. The largest absolute Gasteiger partial charge is 0.497 e. The first-order valence-electron chi connectivity index (χ1n) is 9.87. The van der Waals surface area contributed by atoms with Crippen LogP contribution in [0.2, 0.25) is 0 Å². The molecule has 31 heavy (non-hydrogen) atoms. The monoisotopic (exact) mass is 478 g/mol. The second kappa shape index (κ2) is 7.83. The highest BCUT2D eigenvalue weighted by Gasteiger charge is 2.60. The Bertz CT molecular complexity index is 1150. The number of benzene rings is 3. The molecule has 2 fully saturated rings. The number of methoxy groups -OCH3 is 1. The number of halogens is 1. The van der Waals surface area contributed by atoms with Crippen LogP contribution in [0.5, 0.6) is 5.75 Å². The molecule has 2 saturated heterocycles. The van der Waals surface area contributed by atoms with Crippen LogP contribution in [0, 0.1) is 5.92 Å². The van der Waals surface area contributed by atoms with Crippen molar-refractivity contribution in [2.24, 2.45) is 5.92 Å². The van der Waals surface area contributed by atoms with E-state index >= 15 is 0 Å². The molecule has 2 aliphatic rings. The second-order valence-corrected chi connectivity index (χ2v) is 8.34. The number of hydrogen-bond donors (Lipinski definition) is 0. The number of amides is 2. The van der Waals surface area contributed by atoms with Crippen molar-refractivity contribution in [3.05, 3.63) is 88.9 Å². The SMILES string of the molecule is COc1cccc(N2C(=O)[C@@H]3[C@H](ON(c4ccccc4)[C@@H]3c3cccc(Br)c3)C2=O)c1. The third kappa shape index (κ3) is 3.30. The Balaban J connectivity index is 1.58. The van der Waals surface area contributed by atoms with E-state index < -0.39 is 18.1 Å². The van der Waals surface area contributed by atoms with Crippen molar-refractivity contribution < 1.29 is 19.2 Å². The number of fused-ring (bicyclic) bond motifs is 1. The first-order valence-corrected chi connectivity index (χ1v) is 10.7. The lowest BCUT2D eigenvalue weighted by atomic mass is 9.90. The molecule has 0 unspecified atom stereocenters. The van der Waals surface area contributed by atoms with Gasteiger partial charge in [0.2, 0.25) is 5.91 Å². The van der Waals surface area contributed by atoms with Gasteiger partial charge in [-0.15, -0.1) is 0 Å². The molecule has 7 heteroatoms. The molecular weight excluding hydrogens is 460 g/mol. The number of ether oxygens (including phenoxy) is 1. The van der Waals surface area contributed by atoms with Gasteiger partial charge in [-0.1, -0.05) is 52.3 Å². The predicted molar refractivity (Wildman–Crippen MR) is 120 cm³/mol. The van der Waals surface area contributed by atoms with Gasteiger partial charge in [-0.2, -0.15) is 0 Å². The first kappa shape index (κ1) is 19.8. The molecule has 3 aromatic carbocycles. The van der Waals surface area contributed by atoms with Gasteiger partial charge in [0.05, 0.1) is 24.5 Å². The van der Waals surface area contributed by atoms with E-state index in [1.165, 1.54) is 4.90 Å². The fraction of sp³-hybridized carbons (Fsp3) is 0.167. The molecule has 3 atom stereocenters. The zero-order valence-corrected chi connectivity index (χ0v) is 18.2. The van der Waals surface area contributed by atoms with Crippen LogP contribution in [0.4, 0.5) is 11.4 Å². The van der Waals surface area contributed by atoms with E-state index in [4.69, 9.17) is 9.57 Å². The van der Waals surface area contributed by atoms with Crippen LogP contribution in [0.15, 0.2) is 83.3 Å². The summed E-state index contributed by atoms with van der Waals surface area (Å²) in [5, 5.41) is 1.69.